The highest BCUT2D eigenvalue weighted by atomic mass is 16.1. The first-order valence-electron chi connectivity index (χ1n) is 9.94. The minimum atomic E-state index is -0.261. The second kappa shape index (κ2) is 6.95. The smallest absolute Gasteiger partial charge is 0.262 e. The van der Waals surface area contributed by atoms with Crippen molar-refractivity contribution >= 4 is 28.4 Å². The Morgan fingerprint density at radius 1 is 1.13 bits per heavy atom. The highest BCUT2D eigenvalue weighted by Gasteiger charge is 2.37. The normalized spacial score (nSPS) is 17.2. The summed E-state index contributed by atoms with van der Waals surface area (Å²) in [4.78, 5) is 22.1. The van der Waals surface area contributed by atoms with Crippen LogP contribution in [0.5, 0.6) is 0 Å². The second-order valence-corrected chi connectivity index (χ2v) is 8.13. The molecular weight excluding hydrogens is 376 g/mol. The fourth-order valence-corrected chi connectivity index (χ4v) is 3.99. The van der Waals surface area contributed by atoms with Crippen LogP contribution < -0.4 is 10.6 Å². The van der Waals surface area contributed by atoms with Crippen LogP contribution in [0.4, 0.5) is 11.6 Å². The number of aromatic nitrogens is 4. The van der Waals surface area contributed by atoms with Gasteiger partial charge in [0.2, 0.25) is 0 Å². The average Bonchev–Trinajstić information content (AvgIpc) is 3.19. The third kappa shape index (κ3) is 3.18. The highest BCUT2D eigenvalue weighted by Crippen LogP contribution is 2.39. The summed E-state index contributed by atoms with van der Waals surface area (Å²) in [5.41, 5.74) is 2.00. The average molecular weight is 398 g/mol. The molecule has 1 amide bonds. The molecule has 0 spiro atoms. The van der Waals surface area contributed by atoms with Crippen molar-refractivity contribution in [3.05, 3.63) is 78.2 Å². The van der Waals surface area contributed by atoms with E-state index in [0.717, 1.165) is 23.0 Å². The molecule has 4 aromatic rings. The summed E-state index contributed by atoms with van der Waals surface area (Å²) in [6, 6.07) is 17.4. The lowest BCUT2D eigenvalue weighted by molar-refractivity contribution is 0.102. The van der Waals surface area contributed by atoms with Crippen molar-refractivity contribution in [3.8, 4) is 0 Å². The summed E-state index contributed by atoms with van der Waals surface area (Å²) < 4.78 is 1.88. The molecule has 150 valence electrons. The second-order valence-electron chi connectivity index (χ2n) is 8.13. The van der Waals surface area contributed by atoms with E-state index in [9.17, 15) is 4.79 Å². The van der Waals surface area contributed by atoms with Gasteiger partial charge in [-0.2, -0.15) is 5.10 Å². The molecule has 1 aliphatic rings. The van der Waals surface area contributed by atoms with Crippen molar-refractivity contribution in [2.75, 3.05) is 10.6 Å². The number of fused-ring (bicyclic) bond motifs is 2. The Morgan fingerprint density at radius 3 is 2.80 bits per heavy atom. The van der Waals surface area contributed by atoms with E-state index in [4.69, 9.17) is 0 Å². The van der Waals surface area contributed by atoms with Crippen LogP contribution in [0.25, 0.3) is 10.9 Å². The Kier molecular flexibility index (Phi) is 4.24. The Labute approximate surface area is 174 Å². The number of nitrogens with zero attached hydrogens (tertiary/aromatic N) is 4. The Morgan fingerprint density at radius 2 is 1.97 bits per heavy atom. The lowest BCUT2D eigenvalue weighted by Gasteiger charge is -2.37. The first-order chi connectivity index (χ1) is 14.5. The Hall–Kier alpha value is -3.74. The molecule has 5 rings (SSSR count). The van der Waals surface area contributed by atoms with E-state index in [0.29, 0.717) is 17.2 Å². The van der Waals surface area contributed by atoms with E-state index in [1.54, 1.807) is 12.4 Å². The monoisotopic (exact) mass is 398 g/mol. The van der Waals surface area contributed by atoms with E-state index in [1.807, 2.05) is 59.3 Å². The fourth-order valence-electron chi connectivity index (χ4n) is 3.99. The van der Waals surface area contributed by atoms with Gasteiger partial charge in [0.05, 0.1) is 29.0 Å². The zero-order chi connectivity index (χ0) is 20.7. The number of hydrogen-bond acceptors (Lipinski definition) is 5. The van der Waals surface area contributed by atoms with Crippen molar-refractivity contribution in [2.45, 2.75) is 31.8 Å². The largest absolute Gasteiger partial charge is 0.361 e. The number of carbonyl (C=O) groups is 1. The maximum Gasteiger partial charge on any atom is 0.262 e. The van der Waals surface area contributed by atoms with Crippen LogP contribution >= 0.6 is 0 Å². The first-order valence-corrected chi connectivity index (χ1v) is 9.94. The molecule has 30 heavy (non-hydrogen) atoms. The van der Waals surface area contributed by atoms with Gasteiger partial charge >= 0.3 is 0 Å². The molecule has 2 N–H and O–H groups in total. The fraction of sp³-hybridized carbons (Fsp3) is 0.217. The van der Waals surface area contributed by atoms with Gasteiger partial charge in [0.25, 0.3) is 5.91 Å². The first kappa shape index (κ1) is 18.3. The lowest BCUT2D eigenvalue weighted by Crippen LogP contribution is -2.38. The molecule has 3 aromatic heterocycles. The van der Waals surface area contributed by atoms with Gasteiger partial charge in [0, 0.05) is 11.6 Å². The van der Waals surface area contributed by atoms with Gasteiger partial charge in [0.15, 0.2) is 0 Å². The van der Waals surface area contributed by atoms with Crippen LogP contribution in [0.1, 0.15) is 42.4 Å². The molecule has 7 nitrogen and oxygen atoms in total. The van der Waals surface area contributed by atoms with Crippen molar-refractivity contribution in [2.24, 2.45) is 0 Å². The van der Waals surface area contributed by atoms with Gasteiger partial charge in [-0.05, 0) is 50.6 Å². The van der Waals surface area contributed by atoms with Gasteiger partial charge in [-0.25, -0.2) is 9.67 Å². The molecule has 0 saturated heterocycles. The number of benzene rings is 1. The van der Waals surface area contributed by atoms with Gasteiger partial charge in [-0.15, -0.1) is 0 Å². The lowest BCUT2D eigenvalue weighted by atomic mass is 9.91. The third-order valence-corrected chi connectivity index (χ3v) is 5.49. The maximum atomic E-state index is 13.1. The van der Waals surface area contributed by atoms with Crippen LogP contribution in [0.2, 0.25) is 0 Å². The van der Waals surface area contributed by atoms with E-state index in [1.165, 1.54) is 0 Å². The van der Waals surface area contributed by atoms with Crippen LogP contribution in [0, 0.1) is 0 Å². The summed E-state index contributed by atoms with van der Waals surface area (Å²) in [5.74, 6) is 0.958. The molecule has 0 fully saturated rings. The number of hydrogen-bond donors (Lipinski definition) is 2. The number of para-hydroxylation sites is 1. The molecule has 1 aromatic carbocycles. The molecule has 0 aliphatic carbocycles. The summed E-state index contributed by atoms with van der Waals surface area (Å²) >= 11 is 0. The Balaban J connectivity index is 1.46. The Bertz CT molecular complexity index is 1230. The van der Waals surface area contributed by atoms with Gasteiger partial charge in [-0.3, -0.25) is 9.78 Å². The summed E-state index contributed by atoms with van der Waals surface area (Å²) in [6.07, 6.45) is 4.21. The summed E-state index contributed by atoms with van der Waals surface area (Å²) in [6.45, 7) is 4.24. The van der Waals surface area contributed by atoms with E-state index >= 15 is 0 Å². The van der Waals surface area contributed by atoms with Crippen LogP contribution in [-0.2, 0) is 5.54 Å². The molecule has 0 bridgehead atoms. The molecule has 1 unspecified atom stereocenters. The number of carbonyl (C=O) groups excluding carboxylic acids is 1. The number of pyridine rings is 2. The van der Waals surface area contributed by atoms with E-state index in [-0.39, 0.29) is 17.5 Å². The minimum absolute atomic E-state index is 0.00394. The van der Waals surface area contributed by atoms with E-state index in [2.05, 4.69) is 39.5 Å². The van der Waals surface area contributed by atoms with Crippen molar-refractivity contribution < 1.29 is 4.79 Å². The molecular formula is C23H22N6O. The zero-order valence-electron chi connectivity index (χ0n) is 16.8. The molecule has 0 saturated carbocycles. The van der Waals surface area contributed by atoms with Gasteiger partial charge < -0.3 is 10.6 Å². The van der Waals surface area contributed by atoms with Crippen LogP contribution in [-0.4, -0.2) is 25.7 Å². The van der Waals surface area contributed by atoms with Gasteiger partial charge in [0.1, 0.15) is 17.2 Å². The van der Waals surface area contributed by atoms with Crippen molar-refractivity contribution in [1.29, 1.82) is 0 Å². The van der Waals surface area contributed by atoms with Crippen LogP contribution in [0.3, 0.4) is 0 Å². The molecule has 1 aliphatic heterocycles. The number of anilines is 2. The van der Waals surface area contributed by atoms with E-state index < -0.39 is 0 Å². The van der Waals surface area contributed by atoms with Crippen LogP contribution in [0.15, 0.2) is 67.0 Å². The maximum absolute atomic E-state index is 13.1. The summed E-state index contributed by atoms with van der Waals surface area (Å²) in [5, 5.41) is 11.9. The minimum Gasteiger partial charge on any atom is -0.361 e. The number of amides is 1. The SMILES string of the molecule is CC1(C)CC(c2ccccn2)Nc2c(C(=O)Nc3ccc4ccccc4n3)cnn21. The van der Waals surface area contributed by atoms with Crippen molar-refractivity contribution in [1.82, 2.24) is 19.7 Å². The third-order valence-electron chi connectivity index (χ3n) is 5.49. The topological polar surface area (TPSA) is 84.7 Å². The molecule has 4 heterocycles. The zero-order valence-corrected chi connectivity index (χ0v) is 16.8. The quantitative estimate of drug-likeness (QED) is 0.535. The van der Waals surface area contributed by atoms with Crippen molar-refractivity contribution in [3.63, 3.8) is 0 Å². The summed E-state index contributed by atoms with van der Waals surface area (Å²) in [7, 11) is 0. The number of rotatable bonds is 3. The molecule has 7 heteroatoms. The number of nitrogens with one attached hydrogen (secondary N) is 2. The standard InChI is InChI=1S/C23H22N6O/c1-23(2)13-19(18-9-5-6-12-24-18)27-21-16(14-25-29(21)23)22(30)28-20-11-10-15-7-3-4-8-17(15)26-20/h3-12,14,19,27H,13H2,1-2H3,(H,26,28,30). The highest BCUT2D eigenvalue weighted by molar-refractivity contribution is 6.07. The predicted octanol–water partition coefficient (Wildman–Crippen LogP) is 4.37. The molecule has 0 radical (unpaired) electrons. The van der Waals surface area contributed by atoms with Gasteiger partial charge in [-0.1, -0.05) is 24.3 Å². The predicted molar refractivity (Wildman–Crippen MR) is 116 cm³/mol. The molecule has 1 atom stereocenters.